The molecule has 0 unspecified atom stereocenters. The van der Waals surface area contributed by atoms with Crippen molar-refractivity contribution in [1.29, 1.82) is 0 Å². The minimum atomic E-state index is -0.622. The Bertz CT molecular complexity index is 1030. The first kappa shape index (κ1) is 18.6. The lowest BCUT2D eigenvalue weighted by Gasteiger charge is -2.11. The van der Waals surface area contributed by atoms with Crippen molar-refractivity contribution < 1.29 is 23.5 Å². The first-order valence-corrected chi connectivity index (χ1v) is 8.36. The highest BCUT2D eigenvalue weighted by molar-refractivity contribution is 6.31. The second kappa shape index (κ2) is 7.59. The first-order chi connectivity index (χ1) is 12.9. The summed E-state index contributed by atoms with van der Waals surface area (Å²) in [5.41, 5.74) is 6.79. The van der Waals surface area contributed by atoms with Crippen LogP contribution in [0.3, 0.4) is 0 Å². The van der Waals surface area contributed by atoms with E-state index >= 15 is 0 Å². The zero-order chi connectivity index (χ0) is 19.6. The second-order valence-electron chi connectivity index (χ2n) is 5.77. The average Bonchev–Trinajstić information content (AvgIpc) is 2.96. The van der Waals surface area contributed by atoms with E-state index < -0.39 is 11.8 Å². The van der Waals surface area contributed by atoms with Crippen LogP contribution in [0.2, 0.25) is 5.02 Å². The molecule has 0 radical (unpaired) electrons. The fourth-order valence-electron chi connectivity index (χ4n) is 2.61. The van der Waals surface area contributed by atoms with Crippen LogP contribution in [0.4, 0.5) is 5.69 Å². The van der Waals surface area contributed by atoms with Crippen LogP contribution < -0.4 is 20.5 Å². The Morgan fingerprint density at radius 2 is 1.96 bits per heavy atom. The smallest absolute Gasteiger partial charge is 0.291 e. The van der Waals surface area contributed by atoms with Gasteiger partial charge in [-0.25, -0.2) is 0 Å². The van der Waals surface area contributed by atoms with Crippen molar-refractivity contribution in [2.75, 3.05) is 19.0 Å². The van der Waals surface area contributed by atoms with Crippen LogP contribution in [0, 0.1) is 6.92 Å². The molecular weight excluding hydrogens is 372 g/mol. The van der Waals surface area contributed by atoms with Gasteiger partial charge in [0, 0.05) is 27.7 Å². The Labute approximate surface area is 160 Å². The highest BCUT2D eigenvalue weighted by atomic mass is 35.5. The molecule has 0 bridgehead atoms. The molecule has 8 heteroatoms. The summed E-state index contributed by atoms with van der Waals surface area (Å²) in [5.74, 6) is -0.178. The molecule has 3 N–H and O–H groups in total. The van der Waals surface area contributed by atoms with Gasteiger partial charge in [-0.05, 0) is 37.3 Å². The van der Waals surface area contributed by atoms with Gasteiger partial charge in [-0.1, -0.05) is 11.6 Å². The third-order valence-corrected chi connectivity index (χ3v) is 4.13. The Kier molecular flexibility index (Phi) is 5.23. The summed E-state index contributed by atoms with van der Waals surface area (Å²) in [6.45, 7) is 1.48. The minimum absolute atomic E-state index is 0.183. The summed E-state index contributed by atoms with van der Waals surface area (Å²) in [7, 11) is 1.47. The number of rotatable bonds is 6. The SMILES string of the molecule is COc1ccc(NC(=O)c2oc3ccc(Cl)cc3c2C)cc1OCC(N)=O. The number of methoxy groups -OCH3 is 1. The number of fused-ring (bicyclic) bond motifs is 1. The lowest BCUT2D eigenvalue weighted by atomic mass is 10.1. The molecule has 1 aromatic heterocycles. The maximum atomic E-state index is 12.6. The van der Waals surface area contributed by atoms with Gasteiger partial charge in [0.2, 0.25) is 0 Å². The van der Waals surface area contributed by atoms with Crippen molar-refractivity contribution >= 4 is 40.1 Å². The lowest BCUT2D eigenvalue weighted by molar-refractivity contribution is -0.119. The van der Waals surface area contributed by atoms with Crippen LogP contribution in [0.15, 0.2) is 40.8 Å². The van der Waals surface area contributed by atoms with E-state index in [0.717, 1.165) is 5.39 Å². The zero-order valence-electron chi connectivity index (χ0n) is 14.7. The van der Waals surface area contributed by atoms with Crippen molar-refractivity contribution in [3.63, 3.8) is 0 Å². The summed E-state index contributed by atoms with van der Waals surface area (Å²) >= 11 is 6.01. The number of carbonyl (C=O) groups is 2. The molecule has 0 fully saturated rings. The molecule has 0 aliphatic carbocycles. The van der Waals surface area contributed by atoms with E-state index in [1.807, 2.05) is 0 Å². The van der Waals surface area contributed by atoms with Crippen molar-refractivity contribution in [1.82, 2.24) is 0 Å². The Balaban J connectivity index is 1.86. The van der Waals surface area contributed by atoms with E-state index in [0.29, 0.717) is 27.6 Å². The molecule has 3 rings (SSSR count). The molecule has 0 aliphatic heterocycles. The molecule has 0 spiro atoms. The van der Waals surface area contributed by atoms with E-state index in [1.54, 1.807) is 37.3 Å². The van der Waals surface area contributed by atoms with Crippen LogP contribution in [-0.2, 0) is 4.79 Å². The standard InChI is InChI=1S/C19H17ClN2O5/c1-10-13-7-11(20)3-5-14(13)27-18(10)19(24)22-12-4-6-15(25-2)16(8-12)26-9-17(21)23/h3-8H,9H2,1-2H3,(H2,21,23)(H,22,24). The number of primary amides is 1. The Hall–Kier alpha value is -3.19. The molecule has 0 saturated heterocycles. The molecule has 27 heavy (non-hydrogen) atoms. The van der Waals surface area contributed by atoms with Gasteiger partial charge in [0.25, 0.3) is 11.8 Å². The molecule has 3 aromatic rings. The van der Waals surface area contributed by atoms with E-state index in [-0.39, 0.29) is 18.1 Å². The van der Waals surface area contributed by atoms with Gasteiger partial charge in [-0.3, -0.25) is 9.59 Å². The van der Waals surface area contributed by atoms with Crippen LogP contribution in [-0.4, -0.2) is 25.5 Å². The first-order valence-electron chi connectivity index (χ1n) is 7.98. The number of nitrogens with two attached hydrogens (primary N) is 1. The van der Waals surface area contributed by atoms with Gasteiger partial charge in [0.05, 0.1) is 7.11 Å². The van der Waals surface area contributed by atoms with Crippen LogP contribution in [0.5, 0.6) is 11.5 Å². The summed E-state index contributed by atoms with van der Waals surface area (Å²) < 4.78 is 16.1. The van der Waals surface area contributed by atoms with Gasteiger partial charge < -0.3 is 24.9 Å². The highest BCUT2D eigenvalue weighted by Gasteiger charge is 2.19. The highest BCUT2D eigenvalue weighted by Crippen LogP contribution is 2.32. The summed E-state index contributed by atoms with van der Waals surface area (Å²) in [5, 5.41) is 4.07. The van der Waals surface area contributed by atoms with Crippen LogP contribution >= 0.6 is 11.6 Å². The zero-order valence-corrected chi connectivity index (χ0v) is 15.4. The van der Waals surface area contributed by atoms with Gasteiger partial charge >= 0.3 is 0 Å². The number of hydrogen-bond donors (Lipinski definition) is 2. The predicted octanol–water partition coefficient (Wildman–Crippen LogP) is 3.52. The normalized spacial score (nSPS) is 10.6. The van der Waals surface area contributed by atoms with E-state index in [9.17, 15) is 9.59 Å². The quantitative estimate of drug-likeness (QED) is 0.672. The number of carbonyl (C=O) groups excluding carboxylic acids is 2. The molecule has 0 aliphatic rings. The number of furan rings is 1. The van der Waals surface area contributed by atoms with Gasteiger partial charge in [0.1, 0.15) is 5.58 Å². The summed E-state index contributed by atoms with van der Waals surface area (Å²) in [4.78, 5) is 23.6. The maximum absolute atomic E-state index is 12.6. The number of nitrogens with one attached hydrogen (secondary N) is 1. The van der Waals surface area contributed by atoms with E-state index in [4.69, 9.17) is 31.2 Å². The molecule has 0 atom stereocenters. The Morgan fingerprint density at radius 3 is 2.67 bits per heavy atom. The number of anilines is 1. The molecule has 2 amide bonds. The summed E-state index contributed by atoms with van der Waals surface area (Å²) in [6.07, 6.45) is 0. The van der Waals surface area contributed by atoms with Crippen LogP contribution in [0.25, 0.3) is 11.0 Å². The lowest BCUT2D eigenvalue weighted by Crippen LogP contribution is -2.20. The van der Waals surface area contributed by atoms with Crippen molar-refractivity contribution in [3.05, 3.63) is 52.7 Å². The van der Waals surface area contributed by atoms with Crippen molar-refractivity contribution in [3.8, 4) is 11.5 Å². The van der Waals surface area contributed by atoms with Gasteiger partial charge in [-0.15, -0.1) is 0 Å². The molecule has 140 valence electrons. The van der Waals surface area contributed by atoms with Crippen molar-refractivity contribution in [2.24, 2.45) is 5.73 Å². The average molecular weight is 389 g/mol. The third kappa shape index (κ3) is 3.98. The second-order valence-corrected chi connectivity index (χ2v) is 6.21. The van der Waals surface area contributed by atoms with Crippen LogP contribution in [0.1, 0.15) is 16.1 Å². The predicted molar refractivity (Wildman–Crippen MR) is 102 cm³/mol. The number of ether oxygens (including phenoxy) is 2. The fraction of sp³-hybridized carbons (Fsp3) is 0.158. The minimum Gasteiger partial charge on any atom is -0.493 e. The van der Waals surface area contributed by atoms with Gasteiger partial charge in [-0.2, -0.15) is 0 Å². The topological polar surface area (TPSA) is 104 Å². The summed E-state index contributed by atoms with van der Waals surface area (Å²) in [6, 6.07) is 9.94. The van der Waals surface area contributed by atoms with E-state index in [1.165, 1.54) is 13.2 Å². The molecule has 1 heterocycles. The van der Waals surface area contributed by atoms with Crippen molar-refractivity contribution in [2.45, 2.75) is 6.92 Å². The number of amides is 2. The monoisotopic (exact) mass is 388 g/mol. The fourth-order valence-corrected chi connectivity index (χ4v) is 2.79. The molecule has 2 aromatic carbocycles. The number of hydrogen-bond acceptors (Lipinski definition) is 5. The maximum Gasteiger partial charge on any atom is 0.291 e. The molecule has 7 nitrogen and oxygen atoms in total. The molecular formula is C19H17ClN2O5. The molecule has 0 saturated carbocycles. The largest absolute Gasteiger partial charge is 0.493 e. The van der Waals surface area contributed by atoms with E-state index in [2.05, 4.69) is 5.32 Å². The number of halogens is 1. The number of benzene rings is 2. The van der Waals surface area contributed by atoms with Gasteiger partial charge in [0.15, 0.2) is 23.9 Å². The Morgan fingerprint density at radius 1 is 1.19 bits per heavy atom. The third-order valence-electron chi connectivity index (χ3n) is 3.90. The number of aryl methyl sites for hydroxylation is 1.